The maximum Gasteiger partial charge on any atom is 0.304 e. The molecule has 1 fully saturated rings. The van der Waals surface area contributed by atoms with Gasteiger partial charge >= 0.3 is 5.97 Å². The lowest BCUT2D eigenvalue weighted by Crippen LogP contribution is -2.60. The Morgan fingerprint density at radius 2 is 1.62 bits per heavy atom. The Bertz CT molecular complexity index is 749. The number of carbonyl (C=O) groups is 4. The van der Waals surface area contributed by atoms with Crippen molar-refractivity contribution in [3.05, 3.63) is 0 Å². The zero-order valence-corrected chi connectivity index (χ0v) is 22.6. The topological polar surface area (TPSA) is 200 Å². The smallest absolute Gasteiger partial charge is 0.304 e. The van der Waals surface area contributed by atoms with E-state index in [9.17, 15) is 24.3 Å². The Balaban J connectivity index is 2.97. The number of carboxylic acids is 1. The molecular formula is C25H48N6O6. The first kappa shape index (κ1) is 32.9. The largest absolute Gasteiger partial charge is 0.481 e. The van der Waals surface area contributed by atoms with Crippen LogP contribution in [0.5, 0.6) is 0 Å². The summed E-state index contributed by atoms with van der Waals surface area (Å²) < 4.78 is 0. The highest BCUT2D eigenvalue weighted by Crippen LogP contribution is 2.23. The molecule has 37 heavy (non-hydrogen) atoms. The van der Waals surface area contributed by atoms with E-state index >= 15 is 0 Å². The molecule has 0 saturated carbocycles. The molecule has 1 aliphatic rings. The molecule has 0 bridgehead atoms. The summed E-state index contributed by atoms with van der Waals surface area (Å²) in [4.78, 5) is 51.0. The number of hydrogen-bond acceptors (Lipinski definition) is 9. The Labute approximate surface area is 220 Å². The molecule has 1 rings (SSSR count). The highest BCUT2D eigenvalue weighted by Gasteiger charge is 2.40. The summed E-state index contributed by atoms with van der Waals surface area (Å²) >= 11 is 0. The molecule has 1 heterocycles. The van der Waals surface area contributed by atoms with Gasteiger partial charge < -0.3 is 37.2 Å². The molecule has 9 N–H and O–H groups in total. The van der Waals surface area contributed by atoms with Gasteiger partial charge in [0, 0.05) is 20.0 Å². The number of Topliss-reactive ketones (excluding diaryl/α,β-unsaturated/α-hetero) is 1. The minimum absolute atomic E-state index is 0.121. The average molecular weight is 529 g/mol. The lowest BCUT2D eigenvalue weighted by Gasteiger charge is -2.36. The van der Waals surface area contributed by atoms with Crippen LogP contribution in [-0.4, -0.2) is 94.8 Å². The number of aliphatic hydroxyl groups is 1. The van der Waals surface area contributed by atoms with E-state index in [2.05, 4.69) is 16.0 Å². The van der Waals surface area contributed by atoms with Gasteiger partial charge in [0.05, 0.1) is 24.0 Å². The Morgan fingerprint density at radius 1 is 1.03 bits per heavy atom. The fraction of sp³-hybridized carbons (Fsp3) is 0.840. The van der Waals surface area contributed by atoms with Gasteiger partial charge in [0.15, 0.2) is 5.78 Å². The zero-order chi connectivity index (χ0) is 28.0. The molecule has 4 atom stereocenters. The number of carbonyl (C=O) groups excluding carboxylic acids is 3. The van der Waals surface area contributed by atoms with Gasteiger partial charge in [0.25, 0.3) is 0 Å². The van der Waals surface area contributed by atoms with E-state index in [1.807, 2.05) is 0 Å². The minimum Gasteiger partial charge on any atom is -0.481 e. The highest BCUT2D eigenvalue weighted by molar-refractivity contribution is 5.92. The molecule has 12 nitrogen and oxygen atoms in total. The normalized spacial score (nSPS) is 18.3. The second-order valence-electron chi connectivity index (χ2n) is 10.3. The monoisotopic (exact) mass is 528 g/mol. The molecule has 0 spiro atoms. The SMILES string of the molecule is CC(=O)N[C@@H](CCCCN)C(=O)N1CCCC1C(O)N[C@@H](CCCCN)C(=O)C(C)(C)NCCC(=O)O. The summed E-state index contributed by atoms with van der Waals surface area (Å²) in [5.74, 6) is -1.72. The van der Waals surface area contributed by atoms with Crippen molar-refractivity contribution >= 4 is 23.6 Å². The number of aliphatic carboxylic acids is 1. The summed E-state index contributed by atoms with van der Waals surface area (Å²) in [5, 5.41) is 28.8. The Hall–Kier alpha value is -2.12. The number of unbranched alkanes of at least 4 members (excludes halogenated alkanes) is 2. The molecule has 1 aliphatic heterocycles. The summed E-state index contributed by atoms with van der Waals surface area (Å²) in [5.41, 5.74) is 10.2. The van der Waals surface area contributed by atoms with Gasteiger partial charge in [-0.2, -0.15) is 0 Å². The lowest BCUT2D eigenvalue weighted by atomic mass is 9.90. The Kier molecular flexibility index (Phi) is 14.8. The number of ketones is 1. The van der Waals surface area contributed by atoms with E-state index in [0.29, 0.717) is 64.6 Å². The average Bonchev–Trinajstić information content (AvgIpc) is 3.31. The number of amides is 2. The summed E-state index contributed by atoms with van der Waals surface area (Å²) in [6, 6.07) is -1.97. The maximum atomic E-state index is 13.4. The van der Waals surface area contributed by atoms with Crippen LogP contribution in [0.4, 0.5) is 0 Å². The van der Waals surface area contributed by atoms with Crippen LogP contribution < -0.4 is 27.4 Å². The lowest BCUT2D eigenvalue weighted by molar-refractivity contribution is -0.140. The summed E-state index contributed by atoms with van der Waals surface area (Å²) in [6.07, 6.45) is 3.66. The zero-order valence-electron chi connectivity index (χ0n) is 22.6. The first-order chi connectivity index (χ1) is 17.4. The van der Waals surface area contributed by atoms with E-state index in [1.165, 1.54) is 6.92 Å². The van der Waals surface area contributed by atoms with E-state index in [0.717, 1.165) is 6.42 Å². The van der Waals surface area contributed by atoms with E-state index in [1.54, 1.807) is 18.7 Å². The molecule has 0 aromatic heterocycles. The quantitative estimate of drug-likeness (QED) is 0.0841. The third-order valence-electron chi connectivity index (χ3n) is 6.73. The van der Waals surface area contributed by atoms with Gasteiger partial charge in [0.2, 0.25) is 11.8 Å². The second kappa shape index (κ2) is 16.7. The molecule has 0 radical (unpaired) electrons. The predicted octanol–water partition coefficient (Wildman–Crippen LogP) is -0.571. The van der Waals surface area contributed by atoms with Crippen LogP contribution in [0.15, 0.2) is 0 Å². The molecule has 2 amide bonds. The number of aliphatic hydroxyl groups excluding tert-OH is 1. The Morgan fingerprint density at radius 3 is 2.16 bits per heavy atom. The minimum atomic E-state index is -1.16. The van der Waals surface area contributed by atoms with Crippen LogP contribution >= 0.6 is 0 Å². The standard InChI is InChI=1S/C25H48N6O6/c1-17(32)29-19(10-5-7-14-27)24(37)31-16-8-11-20(31)23(36)30-18(9-4-6-13-26)22(35)25(2,3)28-15-12-21(33)34/h18-20,23,28,30,36H,4-16,26-27H2,1-3H3,(H,29,32)(H,33,34)/t18-,19-,20?,23?/m0/s1. The number of nitrogens with zero attached hydrogens (tertiary/aromatic N) is 1. The summed E-state index contributed by atoms with van der Waals surface area (Å²) in [7, 11) is 0. The van der Waals surface area contributed by atoms with Crippen LogP contribution in [-0.2, 0) is 19.2 Å². The van der Waals surface area contributed by atoms with Crippen molar-refractivity contribution in [3.8, 4) is 0 Å². The third-order valence-corrected chi connectivity index (χ3v) is 6.73. The molecule has 12 heteroatoms. The molecule has 214 valence electrons. The van der Waals surface area contributed by atoms with Gasteiger partial charge in [-0.3, -0.25) is 24.5 Å². The van der Waals surface area contributed by atoms with Crippen molar-refractivity contribution in [3.63, 3.8) is 0 Å². The first-order valence-corrected chi connectivity index (χ1v) is 13.4. The number of rotatable bonds is 19. The number of hydrogen-bond donors (Lipinski definition) is 7. The van der Waals surface area contributed by atoms with Gasteiger partial charge in [-0.15, -0.1) is 0 Å². The van der Waals surface area contributed by atoms with Crippen LogP contribution in [0.1, 0.15) is 78.6 Å². The van der Waals surface area contributed by atoms with Crippen molar-refractivity contribution < 1.29 is 29.4 Å². The van der Waals surface area contributed by atoms with Crippen LogP contribution in [0.2, 0.25) is 0 Å². The van der Waals surface area contributed by atoms with Crippen LogP contribution in [0.3, 0.4) is 0 Å². The van der Waals surface area contributed by atoms with Crippen molar-refractivity contribution in [2.75, 3.05) is 26.2 Å². The predicted molar refractivity (Wildman–Crippen MR) is 140 cm³/mol. The second-order valence-corrected chi connectivity index (χ2v) is 10.3. The van der Waals surface area contributed by atoms with Gasteiger partial charge in [-0.25, -0.2) is 0 Å². The fourth-order valence-corrected chi connectivity index (χ4v) is 4.69. The van der Waals surface area contributed by atoms with Crippen molar-refractivity contribution in [2.24, 2.45) is 11.5 Å². The molecule has 2 unspecified atom stereocenters. The highest BCUT2D eigenvalue weighted by atomic mass is 16.4. The number of likely N-dealkylation sites (tertiary alicyclic amines) is 1. The fourth-order valence-electron chi connectivity index (χ4n) is 4.69. The van der Waals surface area contributed by atoms with Gasteiger partial charge in [0.1, 0.15) is 12.3 Å². The molecular weight excluding hydrogens is 480 g/mol. The van der Waals surface area contributed by atoms with Crippen LogP contribution in [0.25, 0.3) is 0 Å². The third kappa shape index (κ3) is 11.4. The van der Waals surface area contributed by atoms with Crippen molar-refractivity contribution in [2.45, 2.75) is 108 Å². The summed E-state index contributed by atoms with van der Waals surface area (Å²) in [6.45, 7) is 6.29. The number of nitrogens with one attached hydrogen (secondary N) is 3. The molecule has 1 saturated heterocycles. The molecule has 0 aliphatic carbocycles. The van der Waals surface area contributed by atoms with E-state index < -0.39 is 35.9 Å². The van der Waals surface area contributed by atoms with Gasteiger partial charge in [-0.05, 0) is 71.9 Å². The van der Waals surface area contributed by atoms with Crippen molar-refractivity contribution in [1.82, 2.24) is 20.9 Å². The van der Waals surface area contributed by atoms with Crippen LogP contribution in [0, 0.1) is 0 Å². The van der Waals surface area contributed by atoms with E-state index in [-0.39, 0.29) is 30.6 Å². The number of carboxylic acid groups (broad SMARTS) is 1. The van der Waals surface area contributed by atoms with Crippen molar-refractivity contribution in [1.29, 1.82) is 0 Å². The van der Waals surface area contributed by atoms with E-state index in [4.69, 9.17) is 16.6 Å². The molecule has 0 aromatic rings. The van der Waals surface area contributed by atoms with Gasteiger partial charge in [-0.1, -0.05) is 6.42 Å². The maximum absolute atomic E-state index is 13.4. The molecule has 0 aromatic carbocycles. The first-order valence-electron chi connectivity index (χ1n) is 13.4. The number of nitrogens with two attached hydrogens (primary N) is 2.